The van der Waals surface area contributed by atoms with Crippen molar-refractivity contribution in [3.8, 4) is 5.75 Å². The number of hydrogen-bond acceptors (Lipinski definition) is 8. The molecule has 0 spiro atoms. The average Bonchev–Trinajstić information content (AvgIpc) is 3.53. The van der Waals surface area contributed by atoms with Gasteiger partial charge in [0.05, 0.1) is 19.7 Å². The predicted octanol–water partition coefficient (Wildman–Crippen LogP) is 3.19. The molecule has 2 amide bonds. The number of hydrogen-bond donors (Lipinski definition) is 2. The quantitative estimate of drug-likeness (QED) is 0.410. The van der Waals surface area contributed by atoms with Gasteiger partial charge in [0.15, 0.2) is 22.9 Å². The van der Waals surface area contributed by atoms with Gasteiger partial charge in [-0.05, 0) is 48.8 Å². The highest BCUT2D eigenvalue weighted by atomic mass is 32.2. The highest BCUT2D eigenvalue weighted by Crippen LogP contribution is 2.28. The number of thiophene rings is 1. The number of ketones is 1. The molecule has 38 heavy (non-hydrogen) atoms. The molecule has 0 radical (unpaired) electrons. The molecule has 1 aromatic carbocycles. The zero-order chi connectivity index (χ0) is 27.4. The fourth-order valence-corrected chi connectivity index (χ4v) is 6.99. The fourth-order valence-electron chi connectivity index (χ4n) is 4.40. The molecule has 1 unspecified atom stereocenters. The third kappa shape index (κ3) is 6.08. The number of carbonyl (C=O) groups is 3. The molecule has 12 heteroatoms. The van der Waals surface area contributed by atoms with E-state index in [2.05, 4.69) is 10.6 Å². The van der Waals surface area contributed by atoms with Crippen LogP contribution in [0.25, 0.3) is 11.0 Å². The van der Waals surface area contributed by atoms with Crippen LogP contribution in [0.15, 0.2) is 50.4 Å². The van der Waals surface area contributed by atoms with Crippen LogP contribution in [-0.2, 0) is 19.6 Å². The Hall–Kier alpha value is -3.22. The molecule has 2 N–H and O–H groups in total. The molecule has 1 aliphatic heterocycles. The normalized spacial score (nSPS) is 17.8. The van der Waals surface area contributed by atoms with Crippen LogP contribution >= 0.6 is 11.3 Å². The number of methoxy groups -OCH3 is 1. The van der Waals surface area contributed by atoms with Crippen LogP contribution in [0.2, 0.25) is 0 Å². The summed E-state index contributed by atoms with van der Waals surface area (Å²) in [5.41, 5.74) is 0.427. The fraction of sp³-hybridized carbons (Fsp3) is 0.423. The third-order valence-corrected chi connectivity index (χ3v) is 9.53. The molecular formula is C26H31N3O7S2. The Morgan fingerprint density at radius 1 is 1.24 bits per heavy atom. The average molecular weight is 562 g/mol. The first-order valence-corrected chi connectivity index (χ1v) is 14.7. The SMILES string of the molecule is COc1cccc2cc(C(=O)N[C@@H](CC(C)C)C(=O)NC3CCCN(S(=O)(=O)c4cccs4)CC3=O)oc12. The van der Waals surface area contributed by atoms with Gasteiger partial charge in [-0.25, -0.2) is 8.42 Å². The number of nitrogens with one attached hydrogen (secondary N) is 2. The number of Topliss-reactive ketones (excluding diaryl/α,β-unsaturated/α-hetero) is 1. The first kappa shape index (κ1) is 27.8. The maximum absolute atomic E-state index is 13.3. The van der Waals surface area contributed by atoms with E-state index in [-0.39, 0.29) is 29.0 Å². The minimum absolute atomic E-state index is 0.0334. The van der Waals surface area contributed by atoms with Crippen molar-refractivity contribution in [2.75, 3.05) is 20.2 Å². The molecule has 1 saturated heterocycles. The Bertz CT molecular complexity index is 1410. The highest BCUT2D eigenvalue weighted by Gasteiger charge is 2.35. The lowest BCUT2D eigenvalue weighted by Crippen LogP contribution is -2.52. The van der Waals surface area contributed by atoms with E-state index in [1.165, 1.54) is 13.2 Å². The lowest BCUT2D eigenvalue weighted by molar-refractivity contribution is -0.129. The Kier molecular flexibility index (Phi) is 8.54. The number of benzene rings is 1. The largest absolute Gasteiger partial charge is 0.493 e. The maximum atomic E-state index is 13.3. The number of ether oxygens (including phenoxy) is 1. The van der Waals surface area contributed by atoms with Gasteiger partial charge in [-0.3, -0.25) is 14.4 Å². The number of fused-ring (bicyclic) bond motifs is 1. The molecule has 4 rings (SSSR count). The summed E-state index contributed by atoms with van der Waals surface area (Å²) in [5.74, 6) is -0.878. The summed E-state index contributed by atoms with van der Waals surface area (Å²) in [6.45, 7) is 3.69. The number of rotatable bonds is 9. The van der Waals surface area contributed by atoms with Crippen LogP contribution < -0.4 is 15.4 Å². The van der Waals surface area contributed by atoms with E-state index < -0.39 is 39.7 Å². The molecule has 3 heterocycles. The van der Waals surface area contributed by atoms with Crippen molar-refractivity contribution >= 4 is 49.9 Å². The van der Waals surface area contributed by atoms with E-state index in [9.17, 15) is 22.8 Å². The van der Waals surface area contributed by atoms with E-state index in [0.29, 0.717) is 36.0 Å². The standard InChI is InChI=1S/C26H31N3O7S2/c1-16(2)13-19(28-26(32)22-14-17-7-4-9-21(35-3)24(17)36-22)25(31)27-18-8-5-11-29(15-20(18)30)38(33,34)23-10-6-12-37-23/h4,6-7,9-10,12,14,16,18-19H,5,8,11,13,15H2,1-3H3,(H,27,31)(H,28,32)/t18?,19-/m0/s1. The van der Waals surface area contributed by atoms with Gasteiger partial charge in [0, 0.05) is 11.9 Å². The Labute approximate surface area is 225 Å². The van der Waals surface area contributed by atoms with Crippen LogP contribution in [0.4, 0.5) is 0 Å². The predicted molar refractivity (Wildman–Crippen MR) is 143 cm³/mol. The molecular weight excluding hydrogens is 530 g/mol. The highest BCUT2D eigenvalue weighted by molar-refractivity contribution is 7.91. The van der Waals surface area contributed by atoms with E-state index >= 15 is 0 Å². The van der Waals surface area contributed by atoms with Crippen LogP contribution in [0.5, 0.6) is 5.75 Å². The Balaban J connectivity index is 1.45. The molecule has 1 fully saturated rings. The van der Waals surface area contributed by atoms with Gasteiger partial charge in [0.25, 0.3) is 15.9 Å². The summed E-state index contributed by atoms with van der Waals surface area (Å²) in [4.78, 5) is 39.3. The number of amides is 2. The zero-order valence-electron chi connectivity index (χ0n) is 21.4. The van der Waals surface area contributed by atoms with E-state index in [1.54, 1.807) is 35.7 Å². The summed E-state index contributed by atoms with van der Waals surface area (Å²) in [5, 5.41) is 7.84. The second-order valence-electron chi connectivity index (χ2n) is 9.59. The van der Waals surface area contributed by atoms with Gasteiger partial charge in [0.1, 0.15) is 10.3 Å². The Morgan fingerprint density at radius 2 is 2.03 bits per heavy atom. The van der Waals surface area contributed by atoms with Gasteiger partial charge in [-0.2, -0.15) is 4.31 Å². The monoisotopic (exact) mass is 561 g/mol. The molecule has 0 aliphatic carbocycles. The molecule has 10 nitrogen and oxygen atoms in total. The van der Waals surface area contributed by atoms with Crippen molar-refractivity contribution in [1.82, 2.24) is 14.9 Å². The van der Waals surface area contributed by atoms with Gasteiger partial charge in [0.2, 0.25) is 5.91 Å². The molecule has 3 aromatic rings. The van der Waals surface area contributed by atoms with Crippen molar-refractivity contribution in [3.05, 3.63) is 47.5 Å². The molecule has 2 aromatic heterocycles. The first-order valence-electron chi connectivity index (χ1n) is 12.3. The summed E-state index contributed by atoms with van der Waals surface area (Å²) < 4.78 is 38.1. The van der Waals surface area contributed by atoms with Crippen molar-refractivity contribution in [3.63, 3.8) is 0 Å². The van der Waals surface area contributed by atoms with E-state index in [1.807, 2.05) is 13.8 Å². The Morgan fingerprint density at radius 3 is 2.71 bits per heavy atom. The molecule has 204 valence electrons. The number of furan rings is 1. The minimum Gasteiger partial charge on any atom is -0.493 e. The van der Waals surface area contributed by atoms with Gasteiger partial charge in [-0.1, -0.05) is 32.0 Å². The van der Waals surface area contributed by atoms with Crippen LogP contribution in [0.3, 0.4) is 0 Å². The number of nitrogens with zero attached hydrogens (tertiary/aromatic N) is 1. The van der Waals surface area contributed by atoms with Crippen molar-refractivity contribution in [1.29, 1.82) is 0 Å². The summed E-state index contributed by atoms with van der Waals surface area (Å²) in [6.07, 6.45) is 1.04. The smallest absolute Gasteiger partial charge is 0.287 e. The topological polar surface area (TPSA) is 135 Å². The lowest BCUT2D eigenvalue weighted by Gasteiger charge is -2.23. The van der Waals surface area contributed by atoms with Crippen molar-refractivity contribution in [2.45, 2.75) is 49.4 Å². The van der Waals surface area contributed by atoms with E-state index in [4.69, 9.17) is 9.15 Å². The van der Waals surface area contributed by atoms with Gasteiger partial charge in [-0.15, -0.1) is 11.3 Å². The molecule has 0 bridgehead atoms. The number of para-hydroxylation sites is 1. The third-order valence-electron chi connectivity index (χ3n) is 6.31. The van der Waals surface area contributed by atoms with Crippen molar-refractivity contribution < 1.29 is 32.0 Å². The van der Waals surface area contributed by atoms with E-state index in [0.717, 1.165) is 15.6 Å². The van der Waals surface area contributed by atoms with Gasteiger partial charge >= 0.3 is 0 Å². The number of sulfonamides is 1. The minimum atomic E-state index is -3.78. The summed E-state index contributed by atoms with van der Waals surface area (Å²) in [7, 11) is -2.27. The second-order valence-corrected chi connectivity index (χ2v) is 12.7. The lowest BCUT2D eigenvalue weighted by atomic mass is 10.0. The molecule has 2 atom stereocenters. The maximum Gasteiger partial charge on any atom is 0.287 e. The summed E-state index contributed by atoms with van der Waals surface area (Å²) >= 11 is 1.09. The molecule has 1 aliphatic rings. The van der Waals surface area contributed by atoms with Crippen LogP contribution in [0, 0.1) is 5.92 Å². The van der Waals surface area contributed by atoms with Crippen LogP contribution in [-0.4, -0.2) is 62.6 Å². The number of carbonyl (C=O) groups excluding carboxylic acids is 3. The first-order chi connectivity index (χ1) is 18.1. The van der Waals surface area contributed by atoms with Crippen LogP contribution in [0.1, 0.15) is 43.7 Å². The van der Waals surface area contributed by atoms with Crippen molar-refractivity contribution in [2.24, 2.45) is 5.92 Å². The second kappa shape index (κ2) is 11.7. The molecule has 0 saturated carbocycles. The summed E-state index contributed by atoms with van der Waals surface area (Å²) in [6, 6.07) is 8.25. The van der Waals surface area contributed by atoms with Gasteiger partial charge < -0.3 is 19.8 Å². The zero-order valence-corrected chi connectivity index (χ0v) is 23.1.